The molecule has 2 unspecified atom stereocenters. The molecule has 1 aliphatic rings. The first kappa shape index (κ1) is 23.5. The molecule has 2 heterocycles. The third-order valence-corrected chi connectivity index (χ3v) is 5.93. The number of aryl methyl sites for hydroxylation is 2. The molecule has 1 amide bonds. The van der Waals surface area contributed by atoms with Gasteiger partial charge >= 0.3 is 6.18 Å². The molecule has 1 aliphatic heterocycles. The summed E-state index contributed by atoms with van der Waals surface area (Å²) in [4.78, 5) is 13.1. The van der Waals surface area contributed by atoms with Crippen LogP contribution in [0, 0.1) is 13.8 Å². The van der Waals surface area contributed by atoms with Gasteiger partial charge in [-0.05, 0) is 48.7 Å². The number of methoxy groups -OCH3 is 2. The molecule has 2 N–H and O–H groups in total. The Hall–Kier alpha value is -3.69. The van der Waals surface area contributed by atoms with Crippen molar-refractivity contribution in [2.75, 3.05) is 24.9 Å². The minimum atomic E-state index is -4.56. The average Bonchev–Trinajstić information content (AvgIpc) is 3.23. The molecular formula is C24H25F3N4O3. The van der Waals surface area contributed by atoms with Gasteiger partial charge in [0.1, 0.15) is 11.4 Å². The van der Waals surface area contributed by atoms with Crippen LogP contribution in [0.1, 0.15) is 45.6 Å². The summed E-state index contributed by atoms with van der Waals surface area (Å²) in [7, 11) is 2.94. The largest absolute Gasteiger partial charge is 0.493 e. The number of carbonyl (C=O) groups is 1. The van der Waals surface area contributed by atoms with Crippen LogP contribution in [0.4, 0.5) is 24.7 Å². The van der Waals surface area contributed by atoms with Crippen molar-refractivity contribution in [3.05, 3.63) is 64.8 Å². The molecular weight excluding hydrogens is 449 g/mol. The number of hydrogen-bond acceptors (Lipinski definition) is 5. The van der Waals surface area contributed by atoms with Gasteiger partial charge in [-0.1, -0.05) is 18.2 Å². The van der Waals surface area contributed by atoms with Gasteiger partial charge in [0.15, 0.2) is 17.5 Å². The summed E-state index contributed by atoms with van der Waals surface area (Å²) in [5, 5.41) is 9.81. The lowest BCUT2D eigenvalue weighted by Gasteiger charge is -2.34. The zero-order valence-corrected chi connectivity index (χ0v) is 19.2. The number of benzene rings is 2. The Morgan fingerprint density at radius 2 is 1.85 bits per heavy atom. The summed E-state index contributed by atoms with van der Waals surface area (Å²) in [6.07, 6.45) is -3.69. The third-order valence-electron chi connectivity index (χ3n) is 5.93. The maximum absolute atomic E-state index is 14.0. The van der Waals surface area contributed by atoms with Crippen LogP contribution in [0.2, 0.25) is 0 Å². The molecule has 0 bridgehead atoms. The second kappa shape index (κ2) is 8.92. The van der Waals surface area contributed by atoms with Gasteiger partial charge in [0.25, 0.3) is 5.91 Å². The lowest BCUT2D eigenvalue weighted by molar-refractivity contribution is -0.173. The van der Waals surface area contributed by atoms with Gasteiger partial charge in [-0.2, -0.15) is 18.3 Å². The van der Waals surface area contributed by atoms with E-state index in [1.54, 1.807) is 18.2 Å². The Bertz CT molecular complexity index is 1220. The van der Waals surface area contributed by atoms with Crippen molar-refractivity contribution in [2.24, 2.45) is 0 Å². The predicted octanol–water partition coefficient (Wildman–Crippen LogP) is 5.43. The van der Waals surface area contributed by atoms with Gasteiger partial charge in [0, 0.05) is 12.1 Å². The highest BCUT2D eigenvalue weighted by atomic mass is 19.4. The van der Waals surface area contributed by atoms with Gasteiger partial charge in [-0.25, -0.2) is 4.68 Å². The molecule has 0 fully saturated rings. The standard InChI is InChI=1S/C24H25F3N4O3/c1-13-5-6-14(2)17(9-13)30-23(32)16-12-28-31-21(24(25,26)27)11-18(29-22(16)31)15-7-8-19(33-3)20(10-15)34-4/h5-10,12,18,21,29H,11H2,1-4H3,(H,30,32). The molecule has 2 atom stereocenters. The topological polar surface area (TPSA) is 77.4 Å². The smallest absolute Gasteiger partial charge is 0.410 e. The highest BCUT2D eigenvalue weighted by Gasteiger charge is 2.47. The van der Waals surface area contributed by atoms with Gasteiger partial charge < -0.3 is 20.1 Å². The van der Waals surface area contributed by atoms with E-state index in [-0.39, 0.29) is 17.8 Å². The number of amides is 1. The zero-order valence-electron chi connectivity index (χ0n) is 19.2. The predicted molar refractivity (Wildman–Crippen MR) is 122 cm³/mol. The summed E-state index contributed by atoms with van der Waals surface area (Å²) in [5.41, 5.74) is 2.97. The van der Waals surface area contributed by atoms with Crippen LogP contribution in [-0.4, -0.2) is 36.1 Å². The maximum atomic E-state index is 14.0. The lowest BCUT2D eigenvalue weighted by atomic mass is 9.96. The van der Waals surface area contributed by atoms with Crippen LogP contribution >= 0.6 is 0 Å². The van der Waals surface area contributed by atoms with Crippen molar-refractivity contribution < 1.29 is 27.4 Å². The fourth-order valence-electron chi connectivity index (χ4n) is 4.08. The van der Waals surface area contributed by atoms with E-state index in [0.717, 1.165) is 15.8 Å². The van der Waals surface area contributed by atoms with E-state index < -0.39 is 24.2 Å². The fourth-order valence-corrected chi connectivity index (χ4v) is 4.08. The molecule has 0 saturated heterocycles. The zero-order chi connectivity index (χ0) is 24.6. The van der Waals surface area contributed by atoms with Crippen LogP contribution in [0.25, 0.3) is 0 Å². The van der Waals surface area contributed by atoms with Gasteiger partial charge in [-0.15, -0.1) is 0 Å². The Morgan fingerprint density at radius 1 is 1.12 bits per heavy atom. The monoisotopic (exact) mass is 474 g/mol. The normalized spacial score (nSPS) is 17.5. The minimum Gasteiger partial charge on any atom is -0.493 e. The highest BCUT2D eigenvalue weighted by molar-refractivity contribution is 6.08. The number of anilines is 2. The van der Waals surface area contributed by atoms with Crippen LogP contribution in [0.15, 0.2) is 42.6 Å². The summed E-state index contributed by atoms with van der Waals surface area (Å²) >= 11 is 0. The summed E-state index contributed by atoms with van der Waals surface area (Å²) in [6, 6.07) is 7.89. The number of rotatable bonds is 5. The van der Waals surface area contributed by atoms with Crippen molar-refractivity contribution >= 4 is 17.4 Å². The Kier molecular flexibility index (Phi) is 6.16. The SMILES string of the molecule is COc1ccc(C2CC(C(F)(F)F)n3ncc(C(=O)Nc4cc(C)ccc4C)c3N2)cc1OC. The van der Waals surface area contributed by atoms with Crippen molar-refractivity contribution in [1.82, 2.24) is 9.78 Å². The van der Waals surface area contributed by atoms with Crippen molar-refractivity contribution in [1.29, 1.82) is 0 Å². The van der Waals surface area contributed by atoms with Gasteiger partial charge in [-0.3, -0.25) is 4.79 Å². The number of nitrogens with one attached hydrogen (secondary N) is 2. The molecule has 7 nitrogen and oxygen atoms in total. The number of carbonyl (C=O) groups excluding carboxylic acids is 1. The first-order valence-electron chi connectivity index (χ1n) is 10.6. The van der Waals surface area contributed by atoms with Gasteiger partial charge in [0.05, 0.1) is 26.5 Å². The first-order chi connectivity index (χ1) is 16.1. The molecule has 4 rings (SSSR count). The number of fused-ring (bicyclic) bond motifs is 1. The third kappa shape index (κ3) is 4.40. The second-order valence-corrected chi connectivity index (χ2v) is 8.23. The highest BCUT2D eigenvalue weighted by Crippen LogP contribution is 2.45. The summed E-state index contributed by atoms with van der Waals surface area (Å²) in [6.45, 7) is 3.73. The molecule has 1 aromatic heterocycles. The minimum absolute atomic E-state index is 0.0103. The molecule has 0 aliphatic carbocycles. The second-order valence-electron chi connectivity index (χ2n) is 8.23. The quantitative estimate of drug-likeness (QED) is 0.516. The molecule has 0 spiro atoms. The lowest BCUT2D eigenvalue weighted by Crippen LogP contribution is -2.36. The van der Waals surface area contributed by atoms with E-state index in [1.165, 1.54) is 20.4 Å². The molecule has 0 saturated carbocycles. The number of aromatic nitrogens is 2. The number of nitrogens with zero attached hydrogens (tertiary/aromatic N) is 2. The number of alkyl halides is 3. The van der Waals surface area contributed by atoms with Crippen molar-refractivity contribution in [3.63, 3.8) is 0 Å². The molecule has 10 heteroatoms. The molecule has 2 aromatic carbocycles. The fraction of sp³-hybridized carbons (Fsp3) is 0.333. The van der Waals surface area contributed by atoms with Crippen LogP contribution < -0.4 is 20.1 Å². The average molecular weight is 474 g/mol. The molecule has 0 radical (unpaired) electrons. The van der Waals surface area contributed by atoms with E-state index in [2.05, 4.69) is 15.7 Å². The molecule has 3 aromatic rings. The van der Waals surface area contributed by atoms with E-state index in [4.69, 9.17) is 9.47 Å². The van der Waals surface area contributed by atoms with Crippen LogP contribution in [-0.2, 0) is 0 Å². The summed E-state index contributed by atoms with van der Waals surface area (Å²) in [5.74, 6) is 0.331. The maximum Gasteiger partial charge on any atom is 0.410 e. The van der Waals surface area contributed by atoms with E-state index >= 15 is 0 Å². The van der Waals surface area contributed by atoms with E-state index in [1.807, 2.05) is 32.0 Å². The number of ether oxygens (including phenoxy) is 2. The Balaban J connectivity index is 1.71. The molecule has 180 valence electrons. The van der Waals surface area contributed by atoms with Gasteiger partial charge in [0.2, 0.25) is 0 Å². The number of hydrogen-bond donors (Lipinski definition) is 2. The first-order valence-corrected chi connectivity index (χ1v) is 10.6. The van der Waals surface area contributed by atoms with Crippen molar-refractivity contribution in [3.8, 4) is 11.5 Å². The van der Waals surface area contributed by atoms with Crippen LogP contribution in [0.5, 0.6) is 11.5 Å². The Morgan fingerprint density at radius 3 is 2.53 bits per heavy atom. The Labute approximate surface area is 194 Å². The van der Waals surface area contributed by atoms with Crippen LogP contribution in [0.3, 0.4) is 0 Å². The molecule has 34 heavy (non-hydrogen) atoms. The van der Waals surface area contributed by atoms with Crippen molar-refractivity contribution in [2.45, 2.75) is 38.5 Å². The van der Waals surface area contributed by atoms with E-state index in [0.29, 0.717) is 22.7 Å². The van der Waals surface area contributed by atoms with E-state index in [9.17, 15) is 18.0 Å². The number of halogens is 3. The summed E-state index contributed by atoms with van der Waals surface area (Å²) < 4.78 is 53.4.